The molecule has 1 unspecified atom stereocenters. The number of benzene rings is 1. The van der Waals surface area contributed by atoms with Crippen molar-refractivity contribution in [3.05, 3.63) is 41.7 Å². The maximum Gasteiger partial charge on any atom is 0.323 e. The topological polar surface area (TPSA) is 105 Å². The van der Waals surface area contributed by atoms with Gasteiger partial charge in [-0.15, -0.1) is 0 Å². The number of hydrogen-bond acceptors (Lipinski definition) is 8. The van der Waals surface area contributed by atoms with Crippen LogP contribution in [0.1, 0.15) is 59.4 Å². The molecule has 1 aromatic rings. The van der Waals surface area contributed by atoms with E-state index >= 15 is 0 Å². The molecular formula is C29H40O8SSi. The van der Waals surface area contributed by atoms with Crippen LogP contribution in [0.25, 0.3) is 0 Å². The lowest BCUT2D eigenvalue weighted by Gasteiger charge is -2.40. The Morgan fingerprint density at radius 1 is 1.05 bits per heavy atom. The fraction of sp³-hybridized carbons (Fsp3) is 0.621. The smallest absolute Gasteiger partial charge is 0.323 e. The second-order valence-corrected chi connectivity index (χ2v) is 18.9. The normalized spacial score (nSPS) is 28.4. The highest BCUT2D eigenvalue weighted by molar-refractivity contribution is 7.86. The van der Waals surface area contributed by atoms with Crippen LogP contribution in [0.4, 0.5) is 0 Å². The van der Waals surface area contributed by atoms with Gasteiger partial charge >= 0.3 is 11.9 Å². The van der Waals surface area contributed by atoms with E-state index in [2.05, 4.69) is 20.8 Å². The third kappa shape index (κ3) is 4.62. The Kier molecular flexibility index (Phi) is 7.58. The van der Waals surface area contributed by atoms with Crippen molar-refractivity contribution in [2.45, 2.75) is 100 Å². The molecule has 0 N–H and O–H groups in total. The SMILES string of the molecule is CCOC(=O)C1(C(=O)OCC)C[C@@]2(S(=O)c3ccc(C)cc3)C[C@H]3O[C@@]2(C=C(O[Si](C)(C)C(C)(C)C)C3=O)C1. The molecule has 2 fully saturated rings. The van der Waals surface area contributed by atoms with Crippen LogP contribution in [0.15, 0.2) is 41.0 Å². The van der Waals surface area contributed by atoms with Crippen molar-refractivity contribution in [3.8, 4) is 0 Å². The number of esters is 2. The van der Waals surface area contributed by atoms with Gasteiger partial charge < -0.3 is 18.6 Å². The lowest BCUT2D eigenvalue weighted by Crippen LogP contribution is -2.50. The molecule has 2 aliphatic heterocycles. The minimum Gasteiger partial charge on any atom is -0.541 e. The van der Waals surface area contributed by atoms with Gasteiger partial charge in [-0.1, -0.05) is 38.5 Å². The molecule has 4 rings (SSSR count). The fourth-order valence-electron chi connectivity index (χ4n) is 5.71. The molecule has 0 radical (unpaired) electrons. The van der Waals surface area contributed by atoms with Gasteiger partial charge in [0.05, 0.1) is 28.8 Å². The summed E-state index contributed by atoms with van der Waals surface area (Å²) in [4.78, 5) is 41.2. The predicted molar refractivity (Wildman–Crippen MR) is 149 cm³/mol. The molecule has 1 aromatic carbocycles. The number of ether oxygens (including phenoxy) is 3. The van der Waals surface area contributed by atoms with Crippen molar-refractivity contribution in [2.75, 3.05) is 13.2 Å². The van der Waals surface area contributed by atoms with Crippen LogP contribution in [0, 0.1) is 12.3 Å². The molecule has 214 valence electrons. The van der Waals surface area contributed by atoms with Crippen LogP contribution >= 0.6 is 0 Å². The molecule has 0 amide bonds. The number of ketones is 1. The second-order valence-electron chi connectivity index (χ2n) is 12.4. The molecule has 0 aromatic heterocycles. The van der Waals surface area contributed by atoms with E-state index in [0.717, 1.165) is 5.56 Å². The van der Waals surface area contributed by atoms with Crippen molar-refractivity contribution in [2.24, 2.45) is 5.41 Å². The molecule has 39 heavy (non-hydrogen) atoms. The van der Waals surface area contributed by atoms with Gasteiger partial charge in [0.2, 0.25) is 5.78 Å². The molecule has 10 heteroatoms. The van der Waals surface area contributed by atoms with Gasteiger partial charge in [-0.3, -0.25) is 18.6 Å². The highest BCUT2D eigenvalue weighted by Crippen LogP contribution is 2.65. The van der Waals surface area contributed by atoms with Gasteiger partial charge in [-0.2, -0.15) is 0 Å². The van der Waals surface area contributed by atoms with E-state index in [-0.39, 0.29) is 49.1 Å². The summed E-state index contributed by atoms with van der Waals surface area (Å²) >= 11 is 0. The first-order valence-corrected chi connectivity index (χ1v) is 17.6. The minimum atomic E-state index is -2.44. The van der Waals surface area contributed by atoms with Crippen LogP contribution in [0.2, 0.25) is 18.1 Å². The van der Waals surface area contributed by atoms with Crippen LogP contribution in [0.5, 0.6) is 0 Å². The Hall–Kier alpha value is -2.30. The highest BCUT2D eigenvalue weighted by atomic mass is 32.2. The van der Waals surface area contributed by atoms with Crippen LogP contribution in [-0.2, 0) is 43.8 Å². The maximum atomic E-state index is 14.6. The molecule has 2 heterocycles. The van der Waals surface area contributed by atoms with E-state index in [1.807, 2.05) is 32.2 Å². The zero-order chi connectivity index (χ0) is 29.0. The molecular weight excluding hydrogens is 536 g/mol. The van der Waals surface area contributed by atoms with Gasteiger partial charge in [0.1, 0.15) is 17.5 Å². The van der Waals surface area contributed by atoms with Crippen molar-refractivity contribution >= 4 is 36.8 Å². The number of carbonyl (C=O) groups excluding carboxylic acids is 3. The summed E-state index contributed by atoms with van der Waals surface area (Å²) in [5.74, 6) is -1.59. The Bertz CT molecular complexity index is 1210. The zero-order valence-corrected chi connectivity index (χ0v) is 26.0. The summed E-state index contributed by atoms with van der Waals surface area (Å²) in [6.45, 7) is 15.7. The number of Topliss-reactive ketones (excluding diaryl/α,β-unsaturated/α-hetero) is 1. The number of rotatable bonds is 8. The lowest BCUT2D eigenvalue weighted by atomic mass is 9.83. The molecule has 1 spiro atoms. The Morgan fingerprint density at radius 2 is 1.62 bits per heavy atom. The number of carbonyl (C=O) groups is 3. The molecule has 2 bridgehead atoms. The summed E-state index contributed by atoms with van der Waals surface area (Å²) < 4.78 is 37.1. The highest BCUT2D eigenvalue weighted by Gasteiger charge is 2.78. The van der Waals surface area contributed by atoms with E-state index in [1.165, 1.54) is 0 Å². The first-order valence-electron chi connectivity index (χ1n) is 13.5. The Morgan fingerprint density at radius 3 is 2.13 bits per heavy atom. The van der Waals surface area contributed by atoms with E-state index < -0.39 is 52.9 Å². The third-order valence-corrected chi connectivity index (χ3v) is 15.2. The standard InChI is InChI=1S/C29H40O8SSi/c1-9-34-24(31)27(25(32)35-10-2)17-28-15-22(37-39(7,8)26(4,5)6)23(30)21(36-28)16-29(28,18-27)38(33)20-13-11-19(3)12-14-20/h11-15,21H,9-10,16-18H2,1-8H3/t21-,28+,29+,38?/m1/s1. The second kappa shape index (κ2) is 9.96. The van der Waals surface area contributed by atoms with Crippen LogP contribution in [0.3, 0.4) is 0 Å². The van der Waals surface area contributed by atoms with Gasteiger partial charge in [-0.25, -0.2) is 0 Å². The Balaban J connectivity index is 1.93. The molecule has 8 nitrogen and oxygen atoms in total. The molecule has 1 aliphatic carbocycles. The summed E-state index contributed by atoms with van der Waals surface area (Å²) in [5, 5.41) is -0.180. The minimum absolute atomic E-state index is 0.0680. The summed E-state index contributed by atoms with van der Waals surface area (Å²) in [5.41, 5.74) is -2.11. The Labute approximate surface area is 234 Å². The summed E-state index contributed by atoms with van der Waals surface area (Å²) in [7, 11) is -4.20. The van der Waals surface area contributed by atoms with Crippen LogP contribution in [-0.4, -0.2) is 59.9 Å². The number of fused-ring (bicyclic) bond motifs is 1. The lowest BCUT2D eigenvalue weighted by molar-refractivity contribution is -0.174. The average molecular weight is 577 g/mol. The van der Waals surface area contributed by atoms with Gasteiger partial charge in [0.25, 0.3) is 8.32 Å². The van der Waals surface area contributed by atoms with Gasteiger partial charge in [-0.05, 0) is 63.5 Å². The summed E-state index contributed by atoms with van der Waals surface area (Å²) in [6.07, 6.45) is 0.515. The van der Waals surface area contributed by atoms with Gasteiger partial charge in [0, 0.05) is 17.7 Å². The van der Waals surface area contributed by atoms with Crippen molar-refractivity contribution in [3.63, 3.8) is 0 Å². The van der Waals surface area contributed by atoms with E-state index in [0.29, 0.717) is 4.90 Å². The van der Waals surface area contributed by atoms with Crippen molar-refractivity contribution < 1.29 is 37.2 Å². The first kappa shape index (κ1) is 29.7. The van der Waals surface area contributed by atoms with E-state index in [4.69, 9.17) is 18.6 Å². The quantitative estimate of drug-likeness (QED) is 0.248. The largest absolute Gasteiger partial charge is 0.541 e. The predicted octanol–water partition coefficient (Wildman–Crippen LogP) is 4.76. The molecule has 1 saturated heterocycles. The average Bonchev–Trinajstić information content (AvgIpc) is 3.27. The van der Waals surface area contributed by atoms with E-state index in [9.17, 15) is 18.6 Å². The summed E-state index contributed by atoms with van der Waals surface area (Å²) in [6, 6.07) is 7.29. The first-order chi connectivity index (χ1) is 18.1. The number of aryl methyl sites for hydroxylation is 1. The van der Waals surface area contributed by atoms with Crippen LogP contribution < -0.4 is 0 Å². The molecule has 3 aliphatic rings. The monoisotopic (exact) mass is 576 g/mol. The molecule has 4 atom stereocenters. The fourth-order valence-corrected chi connectivity index (χ4v) is 8.73. The zero-order valence-electron chi connectivity index (χ0n) is 24.2. The van der Waals surface area contributed by atoms with Crippen molar-refractivity contribution in [1.82, 2.24) is 0 Å². The van der Waals surface area contributed by atoms with E-state index in [1.54, 1.807) is 32.1 Å². The van der Waals surface area contributed by atoms with Crippen molar-refractivity contribution in [1.29, 1.82) is 0 Å². The van der Waals surface area contributed by atoms with Gasteiger partial charge in [0.15, 0.2) is 5.41 Å². The maximum absolute atomic E-state index is 14.6. The molecule has 1 saturated carbocycles. The number of hydrogen-bond donors (Lipinski definition) is 0. The third-order valence-electron chi connectivity index (χ3n) is 8.78.